The van der Waals surface area contributed by atoms with E-state index in [4.69, 9.17) is 4.74 Å². The van der Waals surface area contributed by atoms with Crippen LogP contribution in [0.4, 0.5) is 0 Å². The zero-order chi connectivity index (χ0) is 11.1. The van der Waals surface area contributed by atoms with Gasteiger partial charge in [0.15, 0.2) is 0 Å². The molecule has 3 nitrogen and oxygen atoms in total. The first-order valence-corrected chi connectivity index (χ1v) is 5.79. The average molecular weight is 274 g/mol. The van der Waals surface area contributed by atoms with Gasteiger partial charge in [0.25, 0.3) is 0 Å². The summed E-state index contributed by atoms with van der Waals surface area (Å²) in [5.74, 6) is 0.307. The van der Waals surface area contributed by atoms with Crippen molar-refractivity contribution in [3.63, 3.8) is 0 Å². The minimum Gasteiger partial charge on any atom is -0.506 e. The zero-order valence-electron chi connectivity index (χ0n) is 8.79. The van der Waals surface area contributed by atoms with Crippen molar-refractivity contribution in [1.82, 2.24) is 5.32 Å². The van der Waals surface area contributed by atoms with Gasteiger partial charge in [0, 0.05) is 25.3 Å². The Labute approximate surface area is 98.6 Å². The van der Waals surface area contributed by atoms with Crippen molar-refractivity contribution in [2.24, 2.45) is 0 Å². The van der Waals surface area contributed by atoms with Gasteiger partial charge < -0.3 is 15.2 Å². The largest absolute Gasteiger partial charge is 0.506 e. The lowest BCUT2D eigenvalue weighted by Crippen LogP contribution is -2.19. The Hall–Kier alpha value is -0.580. The van der Waals surface area contributed by atoms with E-state index in [0.717, 1.165) is 23.2 Å². The number of hydrogen-bond donors (Lipinski definition) is 2. The lowest BCUT2D eigenvalue weighted by Gasteiger charge is -2.07. The van der Waals surface area contributed by atoms with Crippen molar-refractivity contribution in [2.75, 3.05) is 19.8 Å². The molecule has 0 heterocycles. The Morgan fingerprint density at radius 2 is 2.27 bits per heavy atom. The summed E-state index contributed by atoms with van der Waals surface area (Å²) in [5.41, 5.74) is 0.890. The number of para-hydroxylation sites is 1. The number of aromatic hydroxyl groups is 1. The van der Waals surface area contributed by atoms with Crippen molar-refractivity contribution < 1.29 is 9.84 Å². The van der Waals surface area contributed by atoms with Gasteiger partial charge in [0.05, 0.1) is 11.1 Å². The van der Waals surface area contributed by atoms with E-state index in [9.17, 15) is 5.11 Å². The topological polar surface area (TPSA) is 41.5 Å². The van der Waals surface area contributed by atoms with Crippen molar-refractivity contribution >= 4 is 15.9 Å². The number of hydrogen-bond acceptors (Lipinski definition) is 3. The molecule has 84 valence electrons. The molecular weight excluding hydrogens is 258 g/mol. The van der Waals surface area contributed by atoms with Gasteiger partial charge >= 0.3 is 0 Å². The highest BCUT2D eigenvalue weighted by molar-refractivity contribution is 9.10. The normalized spacial score (nSPS) is 10.5. The highest BCUT2D eigenvalue weighted by Gasteiger charge is 2.03. The van der Waals surface area contributed by atoms with Crippen LogP contribution >= 0.6 is 15.9 Å². The molecule has 4 heteroatoms. The molecule has 0 amide bonds. The summed E-state index contributed by atoms with van der Waals surface area (Å²) in [6.45, 7) is 4.85. The molecule has 0 aromatic heterocycles. The first kappa shape index (κ1) is 12.5. The van der Waals surface area contributed by atoms with Crippen LogP contribution < -0.4 is 5.32 Å². The van der Waals surface area contributed by atoms with Crippen LogP contribution in [-0.2, 0) is 11.3 Å². The van der Waals surface area contributed by atoms with E-state index in [2.05, 4.69) is 21.2 Å². The van der Waals surface area contributed by atoms with Gasteiger partial charge in [-0.15, -0.1) is 0 Å². The number of halogens is 1. The Kier molecular flexibility index (Phi) is 5.68. The minimum atomic E-state index is 0.307. The third kappa shape index (κ3) is 4.20. The second-order valence-corrected chi connectivity index (χ2v) is 3.98. The molecule has 0 unspecified atom stereocenters. The predicted molar refractivity (Wildman–Crippen MR) is 64.0 cm³/mol. The van der Waals surface area contributed by atoms with E-state index >= 15 is 0 Å². The van der Waals surface area contributed by atoms with Gasteiger partial charge in [0.2, 0.25) is 0 Å². The second kappa shape index (κ2) is 6.82. The van der Waals surface area contributed by atoms with E-state index in [0.29, 0.717) is 18.9 Å². The van der Waals surface area contributed by atoms with Gasteiger partial charge in [0.1, 0.15) is 5.75 Å². The van der Waals surface area contributed by atoms with Crippen molar-refractivity contribution in [3.05, 3.63) is 28.2 Å². The summed E-state index contributed by atoms with van der Waals surface area (Å²) in [6, 6.07) is 5.62. The predicted octanol–water partition coefficient (Wildman–Crippen LogP) is 2.28. The SMILES string of the molecule is CCOCCNCc1cccc(Br)c1O. The molecule has 1 rings (SSSR count). The maximum Gasteiger partial charge on any atom is 0.134 e. The van der Waals surface area contributed by atoms with Gasteiger partial charge in [-0.2, -0.15) is 0 Å². The third-order valence-electron chi connectivity index (χ3n) is 2.01. The molecule has 0 aliphatic rings. The van der Waals surface area contributed by atoms with Crippen LogP contribution in [0, 0.1) is 0 Å². The second-order valence-electron chi connectivity index (χ2n) is 3.12. The highest BCUT2D eigenvalue weighted by Crippen LogP contribution is 2.26. The van der Waals surface area contributed by atoms with E-state index < -0.39 is 0 Å². The van der Waals surface area contributed by atoms with E-state index in [1.165, 1.54) is 0 Å². The minimum absolute atomic E-state index is 0.307. The quantitative estimate of drug-likeness (QED) is 0.782. The standard InChI is InChI=1S/C11H16BrNO2/c1-2-15-7-6-13-8-9-4-3-5-10(12)11(9)14/h3-5,13-14H,2,6-8H2,1H3. The van der Waals surface area contributed by atoms with Crippen LogP contribution in [0.15, 0.2) is 22.7 Å². The molecule has 0 spiro atoms. The van der Waals surface area contributed by atoms with Gasteiger partial charge in [-0.25, -0.2) is 0 Å². The average Bonchev–Trinajstić information content (AvgIpc) is 2.24. The summed E-state index contributed by atoms with van der Waals surface area (Å²) in [4.78, 5) is 0. The fraction of sp³-hybridized carbons (Fsp3) is 0.455. The number of rotatable bonds is 6. The number of benzene rings is 1. The first-order chi connectivity index (χ1) is 7.25. The lowest BCUT2D eigenvalue weighted by atomic mass is 10.2. The summed E-state index contributed by atoms with van der Waals surface area (Å²) >= 11 is 3.28. The molecular formula is C11H16BrNO2. The number of phenols is 1. The Morgan fingerprint density at radius 1 is 1.47 bits per heavy atom. The molecule has 0 saturated carbocycles. The number of phenolic OH excluding ortho intramolecular Hbond substituents is 1. The first-order valence-electron chi connectivity index (χ1n) is 5.00. The van der Waals surface area contributed by atoms with Crippen molar-refractivity contribution in [1.29, 1.82) is 0 Å². The maximum atomic E-state index is 9.68. The molecule has 0 radical (unpaired) electrons. The molecule has 2 N–H and O–H groups in total. The van der Waals surface area contributed by atoms with Crippen LogP contribution in [-0.4, -0.2) is 24.9 Å². The maximum absolute atomic E-state index is 9.68. The Bertz CT molecular complexity index is 305. The van der Waals surface area contributed by atoms with E-state index in [1.54, 1.807) is 0 Å². The Morgan fingerprint density at radius 3 is 3.00 bits per heavy atom. The molecule has 0 atom stereocenters. The number of ether oxygens (including phenoxy) is 1. The van der Waals surface area contributed by atoms with Gasteiger partial charge in [-0.1, -0.05) is 12.1 Å². The van der Waals surface area contributed by atoms with Crippen LogP contribution in [0.3, 0.4) is 0 Å². The number of nitrogens with one attached hydrogen (secondary N) is 1. The van der Waals surface area contributed by atoms with Crippen LogP contribution in [0.25, 0.3) is 0 Å². The fourth-order valence-electron chi connectivity index (χ4n) is 1.21. The monoisotopic (exact) mass is 273 g/mol. The van der Waals surface area contributed by atoms with E-state index in [-0.39, 0.29) is 0 Å². The zero-order valence-corrected chi connectivity index (χ0v) is 10.4. The summed E-state index contributed by atoms with van der Waals surface area (Å²) in [7, 11) is 0. The van der Waals surface area contributed by atoms with Crippen molar-refractivity contribution in [3.8, 4) is 5.75 Å². The molecule has 1 aromatic carbocycles. The molecule has 0 bridgehead atoms. The third-order valence-corrected chi connectivity index (χ3v) is 2.65. The summed E-state index contributed by atoms with van der Waals surface area (Å²) in [5, 5.41) is 12.9. The molecule has 0 fully saturated rings. The smallest absolute Gasteiger partial charge is 0.134 e. The van der Waals surface area contributed by atoms with Gasteiger partial charge in [-0.3, -0.25) is 0 Å². The molecule has 0 saturated heterocycles. The highest BCUT2D eigenvalue weighted by atomic mass is 79.9. The molecule has 0 aliphatic heterocycles. The van der Waals surface area contributed by atoms with Gasteiger partial charge in [-0.05, 0) is 28.9 Å². The van der Waals surface area contributed by atoms with Crippen LogP contribution in [0.1, 0.15) is 12.5 Å². The van der Waals surface area contributed by atoms with E-state index in [1.807, 2.05) is 25.1 Å². The summed E-state index contributed by atoms with van der Waals surface area (Å²) in [6.07, 6.45) is 0. The lowest BCUT2D eigenvalue weighted by molar-refractivity contribution is 0.149. The summed E-state index contributed by atoms with van der Waals surface area (Å²) < 4.78 is 5.92. The fourth-order valence-corrected chi connectivity index (χ4v) is 1.62. The van der Waals surface area contributed by atoms with Crippen LogP contribution in [0.2, 0.25) is 0 Å². The van der Waals surface area contributed by atoms with Crippen LogP contribution in [0.5, 0.6) is 5.75 Å². The molecule has 1 aromatic rings. The molecule has 0 aliphatic carbocycles. The Balaban J connectivity index is 2.34. The molecule has 15 heavy (non-hydrogen) atoms. The van der Waals surface area contributed by atoms with Crippen molar-refractivity contribution in [2.45, 2.75) is 13.5 Å².